The minimum atomic E-state index is -0.785. The third-order valence-electron chi connectivity index (χ3n) is 2.40. The first-order valence-electron chi connectivity index (χ1n) is 5.43. The van der Waals surface area contributed by atoms with Crippen LogP contribution in [0.1, 0.15) is 40.0 Å². The molecule has 0 saturated heterocycles. The van der Waals surface area contributed by atoms with E-state index in [1.165, 1.54) is 6.08 Å². The fourth-order valence-corrected chi connectivity index (χ4v) is 1.72. The van der Waals surface area contributed by atoms with Gasteiger partial charge in [-0.05, 0) is 40.0 Å². The van der Waals surface area contributed by atoms with Gasteiger partial charge in [-0.2, -0.15) is 0 Å². The summed E-state index contributed by atoms with van der Waals surface area (Å²) in [6, 6.07) is 0. The fourth-order valence-electron chi connectivity index (χ4n) is 1.72. The predicted molar refractivity (Wildman–Crippen MR) is 58.9 cm³/mol. The van der Waals surface area contributed by atoms with E-state index >= 15 is 0 Å². The maximum absolute atomic E-state index is 11.4. The van der Waals surface area contributed by atoms with Gasteiger partial charge in [-0.1, -0.05) is 5.57 Å². The Bertz CT molecular complexity index is 322. The molecule has 0 aromatic heterocycles. The van der Waals surface area contributed by atoms with Gasteiger partial charge in [-0.25, -0.2) is 4.79 Å². The van der Waals surface area contributed by atoms with Crippen LogP contribution in [-0.2, 0) is 14.3 Å². The number of esters is 1. The van der Waals surface area contributed by atoms with Crippen LogP contribution in [0.25, 0.3) is 0 Å². The van der Waals surface area contributed by atoms with Crippen LogP contribution in [0.2, 0.25) is 0 Å². The van der Waals surface area contributed by atoms with E-state index in [0.29, 0.717) is 19.3 Å². The van der Waals surface area contributed by atoms with Crippen LogP contribution in [0.15, 0.2) is 11.6 Å². The number of carbonyl (C=O) groups is 2. The van der Waals surface area contributed by atoms with Crippen molar-refractivity contribution in [2.75, 3.05) is 0 Å². The monoisotopic (exact) mass is 226 g/mol. The number of carboxylic acid groups (broad SMARTS) is 1. The molecule has 90 valence electrons. The summed E-state index contributed by atoms with van der Waals surface area (Å²) in [5, 5.41) is 8.81. The second kappa shape index (κ2) is 4.68. The predicted octanol–water partition coefficient (Wildman–Crippen LogP) is 2.14. The lowest BCUT2D eigenvalue weighted by molar-refractivity contribution is -0.148. The van der Waals surface area contributed by atoms with Crippen LogP contribution < -0.4 is 0 Å². The molecule has 1 rings (SSSR count). The summed E-state index contributed by atoms with van der Waals surface area (Å²) in [7, 11) is 0. The van der Waals surface area contributed by atoms with Crippen molar-refractivity contribution in [3.05, 3.63) is 11.6 Å². The largest absolute Gasteiger partial charge is 0.481 e. The molecule has 4 nitrogen and oxygen atoms in total. The molecule has 1 aliphatic carbocycles. The van der Waals surface area contributed by atoms with Crippen LogP contribution in [0, 0.1) is 5.92 Å². The highest BCUT2D eigenvalue weighted by atomic mass is 16.6. The number of carboxylic acids is 1. The van der Waals surface area contributed by atoms with Crippen molar-refractivity contribution >= 4 is 11.9 Å². The van der Waals surface area contributed by atoms with Gasteiger partial charge in [0.1, 0.15) is 5.60 Å². The van der Waals surface area contributed by atoms with Crippen molar-refractivity contribution in [1.82, 2.24) is 0 Å². The Morgan fingerprint density at radius 1 is 1.44 bits per heavy atom. The van der Waals surface area contributed by atoms with Gasteiger partial charge < -0.3 is 9.84 Å². The first-order chi connectivity index (χ1) is 7.28. The van der Waals surface area contributed by atoms with E-state index in [4.69, 9.17) is 9.84 Å². The third kappa shape index (κ3) is 4.04. The van der Waals surface area contributed by atoms with Crippen molar-refractivity contribution < 1.29 is 19.4 Å². The molecule has 1 atom stereocenters. The van der Waals surface area contributed by atoms with Crippen LogP contribution >= 0.6 is 0 Å². The Morgan fingerprint density at radius 2 is 2.06 bits per heavy atom. The van der Waals surface area contributed by atoms with Crippen LogP contribution in [0.5, 0.6) is 0 Å². The molecule has 1 saturated carbocycles. The minimum Gasteiger partial charge on any atom is -0.481 e. The van der Waals surface area contributed by atoms with Gasteiger partial charge in [0, 0.05) is 6.08 Å². The zero-order valence-corrected chi connectivity index (χ0v) is 9.95. The second-order valence-electron chi connectivity index (χ2n) is 5.11. The normalized spacial score (nSPS) is 23.4. The lowest BCUT2D eigenvalue weighted by atomic mass is 10.1. The Kier molecular flexibility index (Phi) is 3.73. The molecular formula is C12H18O4. The summed E-state index contributed by atoms with van der Waals surface area (Å²) in [4.78, 5) is 22.2. The lowest BCUT2D eigenvalue weighted by Crippen LogP contribution is -2.22. The lowest BCUT2D eigenvalue weighted by Gasteiger charge is -2.18. The van der Waals surface area contributed by atoms with E-state index in [9.17, 15) is 9.59 Å². The number of aliphatic carboxylic acids is 1. The van der Waals surface area contributed by atoms with Crippen LogP contribution in [0.4, 0.5) is 0 Å². The quantitative estimate of drug-likeness (QED) is 0.578. The zero-order valence-electron chi connectivity index (χ0n) is 9.95. The Hall–Kier alpha value is -1.32. The Morgan fingerprint density at radius 3 is 2.50 bits per heavy atom. The van der Waals surface area contributed by atoms with Crippen molar-refractivity contribution in [3.8, 4) is 0 Å². The summed E-state index contributed by atoms with van der Waals surface area (Å²) in [5.41, 5.74) is 0.375. The van der Waals surface area contributed by atoms with Crippen molar-refractivity contribution in [3.63, 3.8) is 0 Å². The topological polar surface area (TPSA) is 63.6 Å². The van der Waals surface area contributed by atoms with E-state index in [1.807, 2.05) is 0 Å². The minimum absolute atomic E-state index is 0.339. The summed E-state index contributed by atoms with van der Waals surface area (Å²) in [5.74, 6) is -1.50. The number of allylic oxidation sites excluding steroid dienone is 1. The summed E-state index contributed by atoms with van der Waals surface area (Å²) in [6.07, 6.45) is 3.20. The molecule has 16 heavy (non-hydrogen) atoms. The highest BCUT2D eigenvalue weighted by Crippen LogP contribution is 2.30. The van der Waals surface area contributed by atoms with Crippen molar-refractivity contribution in [2.24, 2.45) is 5.92 Å². The molecular weight excluding hydrogens is 208 g/mol. The molecule has 0 bridgehead atoms. The molecule has 0 spiro atoms. The first-order valence-corrected chi connectivity index (χ1v) is 5.43. The molecule has 4 heteroatoms. The van der Waals surface area contributed by atoms with Crippen molar-refractivity contribution in [1.29, 1.82) is 0 Å². The molecule has 0 radical (unpaired) electrons. The summed E-state index contributed by atoms with van der Waals surface area (Å²) in [6.45, 7) is 5.41. The summed E-state index contributed by atoms with van der Waals surface area (Å²) >= 11 is 0. The average molecular weight is 226 g/mol. The van der Waals surface area contributed by atoms with E-state index in [-0.39, 0.29) is 11.9 Å². The molecule has 1 N–H and O–H groups in total. The molecule has 0 aliphatic heterocycles. The molecule has 0 amide bonds. The first kappa shape index (κ1) is 12.7. The third-order valence-corrected chi connectivity index (χ3v) is 2.40. The number of ether oxygens (including phenoxy) is 1. The Balaban J connectivity index is 2.53. The van der Waals surface area contributed by atoms with Crippen molar-refractivity contribution in [2.45, 2.75) is 45.6 Å². The van der Waals surface area contributed by atoms with Crippen LogP contribution in [0.3, 0.4) is 0 Å². The molecule has 1 unspecified atom stereocenters. The van der Waals surface area contributed by atoms with Gasteiger partial charge in [0.05, 0.1) is 5.92 Å². The van der Waals surface area contributed by atoms with Gasteiger partial charge in [-0.3, -0.25) is 4.79 Å². The molecule has 0 aromatic carbocycles. The standard InChI is InChI=1S/C12H18O4/c1-12(2,3)16-10(13)7-8-4-5-9(6-8)11(14)15/h7,9H,4-6H2,1-3H3,(H,14,15)/b8-7-. The highest BCUT2D eigenvalue weighted by molar-refractivity contribution is 5.83. The van der Waals surface area contributed by atoms with Gasteiger partial charge in [-0.15, -0.1) is 0 Å². The molecule has 0 aromatic rings. The average Bonchev–Trinajstić information content (AvgIpc) is 2.48. The number of rotatable bonds is 2. The zero-order chi connectivity index (χ0) is 12.3. The number of carbonyl (C=O) groups excluding carboxylic acids is 1. The van der Waals surface area contributed by atoms with E-state index in [2.05, 4.69) is 0 Å². The number of hydrogen-bond acceptors (Lipinski definition) is 3. The van der Waals surface area contributed by atoms with E-state index in [1.54, 1.807) is 20.8 Å². The Labute approximate surface area is 95.3 Å². The van der Waals surface area contributed by atoms with Gasteiger partial charge >= 0.3 is 11.9 Å². The maximum Gasteiger partial charge on any atom is 0.331 e. The number of hydrogen-bond donors (Lipinski definition) is 1. The second-order valence-corrected chi connectivity index (χ2v) is 5.11. The van der Waals surface area contributed by atoms with E-state index in [0.717, 1.165) is 5.57 Å². The molecule has 1 fully saturated rings. The SMILES string of the molecule is CC(C)(C)OC(=O)/C=C1/CCC(C(=O)O)C1. The highest BCUT2D eigenvalue weighted by Gasteiger charge is 2.26. The summed E-state index contributed by atoms with van der Waals surface area (Å²) < 4.78 is 5.13. The fraction of sp³-hybridized carbons (Fsp3) is 0.667. The van der Waals surface area contributed by atoms with E-state index < -0.39 is 11.6 Å². The molecule has 0 heterocycles. The maximum atomic E-state index is 11.4. The van der Waals surface area contributed by atoms with Gasteiger partial charge in [0.15, 0.2) is 0 Å². The van der Waals surface area contributed by atoms with Gasteiger partial charge in [0.25, 0.3) is 0 Å². The smallest absolute Gasteiger partial charge is 0.331 e. The van der Waals surface area contributed by atoms with Crippen LogP contribution in [-0.4, -0.2) is 22.6 Å². The molecule has 1 aliphatic rings. The van der Waals surface area contributed by atoms with Gasteiger partial charge in [0.2, 0.25) is 0 Å².